The Kier molecular flexibility index (Phi) is 3.19. The summed E-state index contributed by atoms with van der Waals surface area (Å²) in [4.78, 5) is 11.2. The molecule has 2 rings (SSSR count). The number of rotatable bonds is 3. The zero-order valence-corrected chi connectivity index (χ0v) is 10.0. The minimum atomic E-state index is -0.567. The third-order valence-electron chi connectivity index (χ3n) is 2.65. The van der Waals surface area contributed by atoms with Crippen molar-refractivity contribution in [2.75, 3.05) is 5.73 Å². The van der Waals surface area contributed by atoms with Gasteiger partial charge in [-0.05, 0) is 30.7 Å². The van der Waals surface area contributed by atoms with Gasteiger partial charge in [0.15, 0.2) is 5.75 Å². The number of ether oxygens (including phenoxy) is 1. The summed E-state index contributed by atoms with van der Waals surface area (Å²) in [6, 6.07) is 12.5. The van der Waals surface area contributed by atoms with Crippen LogP contribution in [0.15, 0.2) is 42.5 Å². The molecule has 4 heteroatoms. The van der Waals surface area contributed by atoms with E-state index in [1.54, 1.807) is 18.2 Å². The molecule has 0 unspecified atom stereocenters. The Balaban J connectivity index is 2.39. The molecule has 0 bridgehead atoms. The number of hydrogen-bond donors (Lipinski definition) is 2. The van der Waals surface area contributed by atoms with E-state index in [4.69, 9.17) is 16.2 Å². The molecule has 0 saturated carbocycles. The summed E-state index contributed by atoms with van der Waals surface area (Å²) < 4.78 is 5.70. The molecule has 0 radical (unpaired) electrons. The number of primary amides is 1. The van der Waals surface area contributed by atoms with E-state index in [1.807, 2.05) is 31.2 Å². The zero-order valence-electron chi connectivity index (χ0n) is 10.0. The molecular weight excluding hydrogens is 228 g/mol. The fourth-order valence-electron chi connectivity index (χ4n) is 1.64. The van der Waals surface area contributed by atoms with Gasteiger partial charge in [-0.1, -0.05) is 24.3 Å². The molecule has 0 fully saturated rings. The standard InChI is InChI=1S/C14H14N2O2/c1-9-5-2-3-7-11(9)18-12-8-4-6-10(13(12)15)14(16)17/h2-8H,15H2,1H3,(H2,16,17). The second-order valence-corrected chi connectivity index (χ2v) is 3.95. The Morgan fingerprint density at radius 2 is 1.72 bits per heavy atom. The molecule has 0 spiro atoms. The van der Waals surface area contributed by atoms with Crippen LogP contribution in [0.1, 0.15) is 15.9 Å². The summed E-state index contributed by atoms with van der Waals surface area (Å²) in [6.07, 6.45) is 0. The Labute approximate surface area is 105 Å². The quantitative estimate of drug-likeness (QED) is 0.811. The summed E-state index contributed by atoms with van der Waals surface area (Å²) in [5.74, 6) is 0.564. The molecule has 92 valence electrons. The highest BCUT2D eigenvalue weighted by Gasteiger charge is 2.11. The second-order valence-electron chi connectivity index (χ2n) is 3.95. The number of carbonyl (C=O) groups is 1. The SMILES string of the molecule is Cc1ccccc1Oc1cccc(C(N)=O)c1N. The van der Waals surface area contributed by atoms with Crippen molar-refractivity contribution < 1.29 is 9.53 Å². The number of nitrogens with two attached hydrogens (primary N) is 2. The molecule has 0 atom stereocenters. The number of aryl methyl sites for hydroxylation is 1. The van der Waals surface area contributed by atoms with Crippen LogP contribution in [0, 0.1) is 6.92 Å². The van der Waals surface area contributed by atoms with Gasteiger partial charge in [-0.3, -0.25) is 4.79 Å². The van der Waals surface area contributed by atoms with Crippen molar-refractivity contribution in [1.82, 2.24) is 0 Å². The van der Waals surface area contributed by atoms with E-state index in [9.17, 15) is 4.79 Å². The Bertz CT molecular complexity index is 594. The fraction of sp³-hybridized carbons (Fsp3) is 0.0714. The van der Waals surface area contributed by atoms with Crippen molar-refractivity contribution in [3.63, 3.8) is 0 Å². The lowest BCUT2D eigenvalue weighted by molar-refractivity contribution is 0.100. The monoisotopic (exact) mass is 242 g/mol. The van der Waals surface area contributed by atoms with E-state index in [1.165, 1.54) is 0 Å². The minimum Gasteiger partial charge on any atom is -0.455 e. The van der Waals surface area contributed by atoms with E-state index >= 15 is 0 Å². The first kappa shape index (κ1) is 12.0. The first-order valence-corrected chi connectivity index (χ1v) is 5.51. The van der Waals surface area contributed by atoms with E-state index in [0.29, 0.717) is 11.5 Å². The Morgan fingerprint density at radius 3 is 2.39 bits per heavy atom. The molecule has 0 aliphatic heterocycles. The third kappa shape index (κ3) is 2.27. The van der Waals surface area contributed by atoms with Gasteiger partial charge in [0.2, 0.25) is 0 Å². The van der Waals surface area contributed by atoms with Gasteiger partial charge in [0.1, 0.15) is 5.75 Å². The van der Waals surface area contributed by atoms with Crippen LogP contribution >= 0.6 is 0 Å². The molecular formula is C14H14N2O2. The van der Waals surface area contributed by atoms with Gasteiger partial charge in [-0.15, -0.1) is 0 Å². The second kappa shape index (κ2) is 4.79. The summed E-state index contributed by atoms with van der Waals surface area (Å²) in [6.45, 7) is 1.93. The van der Waals surface area contributed by atoms with Gasteiger partial charge >= 0.3 is 0 Å². The average Bonchev–Trinajstić information content (AvgIpc) is 2.34. The Morgan fingerprint density at radius 1 is 1.06 bits per heavy atom. The van der Waals surface area contributed by atoms with E-state index in [2.05, 4.69) is 0 Å². The van der Waals surface area contributed by atoms with E-state index in [0.717, 1.165) is 5.56 Å². The zero-order chi connectivity index (χ0) is 13.1. The highest BCUT2D eigenvalue weighted by Crippen LogP contribution is 2.31. The predicted molar refractivity (Wildman–Crippen MR) is 70.6 cm³/mol. The predicted octanol–water partition coefficient (Wildman–Crippen LogP) is 2.47. The molecule has 0 aliphatic rings. The first-order valence-electron chi connectivity index (χ1n) is 5.51. The molecule has 2 aromatic carbocycles. The van der Waals surface area contributed by atoms with E-state index < -0.39 is 5.91 Å². The fourth-order valence-corrected chi connectivity index (χ4v) is 1.64. The summed E-state index contributed by atoms with van der Waals surface area (Å²) in [5, 5.41) is 0. The molecule has 0 heterocycles. The van der Waals surface area contributed by atoms with Gasteiger partial charge in [-0.2, -0.15) is 0 Å². The summed E-state index contributed by atoms with van der Waals surface area (Å²) in [7, 11) is 0. The normalized spacial score (nSPS) is 10.1. The van der Waals surface area contributed by atoms with Crippen molar-refractivity contribution in [3.05, 3.63) is 53.6 Å². The highest BCUT2D eigenvalue weighted by atomic mass is 16.5. The maximum atomic E-state index is 11.2. The topological polar surface area (TPSA) is 78.3 Å². The first-order chi connectivity index (χ1) is 8.59. The lowest BCUT2D eigenvalue weighted by atomic mass is 10.1. The number of carbonyl (C=O) groups excluding carboxylic acids is 1. The van der Waals surface area contributed by atoms with Gasteiger partial charge < -0.3 is 16.2 Å². The molecule has 0 aromatic heterocycles. The van der Waals surface area contributed by atoms with Gasteiger partial charge in [-0.25, -0.2) is 0 Å². The highest BCUT2D eigenvalue weighted by molar-refractivity contribution is 5.99. The van der Waals surface area contributed by atoms with Crippen LogP contribution in [0.5, 0.6) is 11.5 Å². The maximum absolute atomic E-state index is 11.2. The average molecular weight is 242 g/mol. The van der Waals surface area contributed by atoms with Crippen LogP contribution in [0.2, 0.25) is 0 Å². The van der Waals surface area contributed by atoms with Crippen molar-refractivity contribution in [1.29, 1.82) is 0 Å². The lowest BCUT2D eigenvalue weighted by Crippen LogP contribution is -2.13. The third-order valence-corrected chi connectivity index (χ3v) is 2.65. The molecule has 4 nitrogen and oxygen atoms in total. The van der Waals surface area contributed by atoms with Crippen molar-refractivity contribution in [2.24, 2.45) is 5.73 Å². The number of benzene rings is 2. The summed E-state index contributed by atoms with van der Waals surface area (Å²) >= 11 is 0. The molecule has 1 amide bonds. The van der Waals surface area contributed by atoms with Crippen LogP contribution in [-0.2, 0) is 0 Å². The van der Waals surface area contributed by atoms with Gasteiger partial charge in [0.05, 0.1) is 11.3 Å². The van der Waals surface area contributed by atoms with Crippen LogP contribution in [0.4, 0.5) is 5.69 Å². The minimum absolute atomic E-state index is 0.258. The largest absolute Gasteiger partial charge is 0.455 e. The van der Waals surface area contributed by atoms with E-state index in [-0.39, 0.29) is 11.3 Å². The van der Waals surface area contributed by atoms with Gasteiger partial charge in [0, 0.05) is 0 Å². The molecule has 18 heavy (non-hydrogen) atoms. The number of amides is 1. The van der Waals surface area contributed by atoms with Crippen molar-refractivity contribution in [2.45, 2.75) is 6.92 Å². The van der Waals surface area contributed by atoms with Crippen LogP contribution in [-0.4, -0.2) is 5.91 Å². The van der Waals surface area contributed by atoms with Crippen LogP contribution in [0.25, 0.3) is 0 Å². The molecule has 2 aromatic rings. The van der Waals surface area contributed by atoms with Crippen LogP contribution < -0.4 is 16.2 Å². The maximum Gasteiger partial charge on any atom is 0.250 e. The molecule has 4 N–H and O–H groups in total. The smallest absolute Gasteiger partial charge is 0.250 e. The molecule has 0 aliphatic carbocycles. The van der Waals surface area contributed by atoms with Crippen LogP contribution in [0.3, 0.4) is 0 Å². The number of nitrogen functional groups attached to an aromatic ring is 1. The van der Waals surface area contributed by atoms with Crippen molar-refractivity contribution in [3.8, 4) is 11.5 Å². The van der Waals surface area contributed by atoms with Crippen molar-refractivity contribution >= 4 is 11.6 Å². The number of hydrogen-bond acceptors (Lipinski definition) is 3. The molecule has 0 saturated heterocycles. The summed E-state index contributed by atoms with van der Waals surface area (Å²) in [5.41, 5.74) is 12.6. The number of anilines is 1. The number of para-hydroxylation sites is 2. The Hall–Kier alpha value is -2.49. The van der Waals surface area contributed by atoms with Gasteiger partial charge in [0.25, 0.3) is 5.91 Å². The lowest BCUT2D eigenvalue weighted by Gasteiger charge is -2.12.